The van der Waals surface area contributed by atoms with E-state index in [0.29, 0.717) is 12.4 Å². The van der Waals surface area contributed by atoms with Crippen LogP contribution >= 0.6 is 0 Å². The van der Waals surface area contributed by atoms with Crippen molar-refractivity contribution < 1.29 is 9.90 Å². The monoisotopic (exact) mass is 263 g/mol. The number of aliphatic hydroxyl groups is 1. The van der Waals surface area contributed by atoms with Gasteiger partial charge in [0.1, 0.15) is 5.82 Å². The molecule has 0 radical (unpaired) electrons. The highest BCUT2D eigenvalue weighted by Crippen LogP contribution is 2.17. The minimum atomic E-state index is -0.129. The third kappa shape index (κ3) is 3.67. The average molecular weight is 263 g/mol. The largest absolute Gasteiger partial charge is 0.396 e. The number of carbonyl (C=O) groups excluding carboxylic acids is 1. The molecule has 0 bridgehead atoms. The molecule has 104 valence electrons. The van der Waals surface area contributed by atoms with Crippen LogP contribution in [0.4, 0.5) is 10.6 Å². The van der Waals surface area contributed by atoms with E-state index in [4.69, 9.17) is 0 Å². The highest BCUT2D eigenvalue weighted by Gasteiger charge is 2.23. The first-order valence-electron chi connectivity index (χ1n) is 6.70. The minimum absolute atomic E-state index is 0.129. The summed E-state index contributed by atoms with van der Waals surface area (Å²) >= 11 is 0. The van der Waals surface area contributed by atoms with Gasteiger partial charge < -0.3 is 10.0 Å². The number of rotatable bonds is 2. The summed E-state index contributed by atoms with van der Waals surface area (Å²) in [6.45, 7) is 5.39. The van der Waals surface area contributed by atoms with Crippen LogP contribution in [0.5, 0.6) is 0 Å². The molecule has 1 aromatic rings. The molecule has 1 aliphatic heterocycles. The van der Waals surface area contributed by atoms with Gasteiger partial charge in [0.05, 0.1) is 0 Å². The fourth-order valence-corrected chi connectivity index (χ4v) is 2.49. The summed E-state index contributed by atoms with van der Waals surface area (Å²) in [5, 5.41) is 12.0. The Labute approximate surface area is 113 Å². The van der Waals surface area contributed by atoms with E-state index in [2.05, 4.69) is 10.3 Å². The standard InChI is InChI=1S/C14H21N3O2/c1-10-6-11(2)15-13(7-10)16-14(19)17-5-3-4-12(8-17)9-18/h6-7,12,18H,3-5,8-9H2,1-2H3,(H,15,16,19)/t12-/m0/s1. The van der Waals surface area contributed by atoms with Gasteiger partial charge in [-0.1, -0.05) is 0 Å². The van der Waals surface area contributed by atoms with Gasteiger partial charge in [0.2, 0.25) is 0 Å². The summed E-state index contributed by atoms with van der Waals surface area (Å²) in [6, 6.07) is 3.70. The van der Waals surface area contributed by atoms with Gasteiger partial charge in [-0.3, -0.25) is 5.32 Å². The highest BCUT2D eigenvalue weighted by molar-refractivity contribution is 5.88. The second-order valence-electron chi connectivity index (χ2n) is 5.24. The maximum atomic E-state index is 12.1. The zero-order valence-electron chi connectivity index (χ0n) is 11.5. The fourth-order valence-electron chi connectivity index (χ4n) is 2.49. The van der Waals surface area contributed by atoms with Crippen LogP contribution in [0.15, 0.2) is 12.1 Å². The number of carbonyl (C=O) groups is 1. The number of urea groups is 1. The molecule has 2 amide bonds. The van der Waals surface area contributed by atoms with Crippen molar-refractivity contribution in [3.8, 4) is 0 Å². The number of nitrogens with zero attached hydrogens (tertiary/aromatic N) is 2. The lowest BCUT2D eigenvalue weighted by atomic mass is 9.99. The van der Waals surface area contributed by atoms with Gasteiger partial charge in [0, 0.05) is 25.4 Å². The van der Waals surface area contributed by atoms with E-state index in [1.165, 1.54) is 0 Å². The molecule has 0 spiro atoms. The van der Waals surface area contributed by atoms with Crippen LogP contribution in [0.2, 0.25) is 0 Å². The van der Waals surface area contributed by atoms with Gasteiger partial charge in [0.15, 0.2) is 0 Å². The average Bonchev–Trinajstić information content (AvgIpc) is 2.37. The summed E-state index contributed by atoms with van der Waals surface area (Å²) in [5.74, 6) is 0.792. The molecule has 1 atom stereocenters. The van der Waals surface area contributed by atoms with Crippen molar-refractivity contribution in [1.82, 2.24) is 9.88 Å². The molecule has 0 saturated carbocycles. The lowest BCUT2D eigenvalue weighted by Crippen LogP contribution is -2.43. The van der Waals surface area contributed by atoms with Gasteiger partial charge >= 0.3 is 6.03 Å². The van der Waals surface area contributed by atoms with Crippen LogP contribution in [-0.4, -0.2) is 40.7 Å². The van der Waals surface area contributed by atoms with E-state index in [1.54, 1.807) is 4.90 Å². The van der Waals surface area contributed by atoms with Crippen molar-refractivity contribution in [2.24, 2.45) is 5.92 Å². The molecular formula is C14H21N3O2. The van der Waals surface area contributed by atoms with Gasteiger partial charge in [-0.25, -0.2) is 9.78 Å². The third-order valence-electron chi connectivity index (χ3n) is 3.40. The van der Waals surface area contributed by atoms with Crippen LogP contribution in [0.3, 0.4) is 0 Å². The minimum Gasteiger partial charge on any atom is -0.396 e. The topological polar surface area (TPSA) is 65.5 Å². The molecule has 2 N–H and O–H groups in total. The molecule has 19 heavy (non-hydrogen) atoms. The molecule has 1 fully saturated rings. The number of likely N-dealkylation sites (tertiary alicyclic amines) is 1. The van der Waals surface area contributed by atoms with E-state index >= 15 is 0 Å². The van der Waals surface area contributed by atoms with Crippen LogP contribution in [0.25, 0.3) is 0 Å². The first kappa shape index (κ1) is 13.8. The predicted octanol–water partition coefficient (Wildman–Crippen LogP) is 1.93. The lowest BCUT2D eigenvalue weighted by molar-refractivity contribution is 0.136. The lowest BCUT2D eigenvalue weighted by Gasteiger charge is -2.31. The van der Waals surface area contributed by atoms with Crippen molar-refractivity contribution >= 4 is 11.8 Å². The maximum absolute atomic E-state index is 12.1. The Morgan fingerprint density at radius 2 is 2.32 bits per heavy atom. The molecular weight excluding hydrogens is 242 g/mol. The number of hydrogen-bond acceptors (Lipinski definition) is 3. The van der Waals surface area contributed by atoms with E-state index in [-0.39, 0.29) is 18.6 Å². The Hall–Kier alpha value is -1.62. The molecule has 2 heterocycles. The number of pyridine rings is 1. The molecule has 0 aliphatic carbocycles. The summed E-state index contributed by atoms with van der Waals surface area (Å²) < 4.78 is 0. The highest BCUT2D eigenvalue weighted by atomic mass is 16.3. The van der Waals surface area contributed by atoms with Gasteiger partial charge in [-0.05, 0) is 50.3 Å². The van der Waals surface area contributed by atoms with Crippen molar-refractivity contribution in [2.45, 2.75) is 26.7 Å². The van der Waals surface area contributed by atoms with Crippen LogP contribution in [0.1, 0.15) is 24.1 Å². The molecule has 1 aliphatic rings. The first-order chi connectivity index (χ1) is 9.08. The van der Waals surface area contributed by atoms with Gasteiger partial charge in [-0.15, -0.1) is 0 Å². The number of nitrogens with one attached hydrogen (secondary N) is 1. The summed E-state index contributed by atoms with van der Waals surface area (Å²) in [6.07, 6.45) is 1.93. The van der Waals surface area contributed by atoms with E-state index in [9.17, 15) is 9.90 Å². The maximum Gasteiger partial charge on any atom is 0.323 e. The first-order valence-corrected chi connectivity index (χ1v) is 6.70. The van der Waals surface area contributed by atoms with Crippen molar-refractivity contribution in [3.63, 3.8) is 0 Å². The van der Waals surface area contributed by atoms with Crippen LogP contribution < -0.4 is 5.32 Å². The zero-order chi connectivity index (χ0) is 13.8. The van der Waals surface area contributed by atoms with E-state index in [1.807, 2.05) is 26.0 Å². The zero-order valence-corrected chi connectivity index (χ0v) is 11.5. The Kier molecular flexibility index (Phi) is 4.37. The summed E-state index contributed by atoms with van der Waals surface area (Å²) in [7, 11) is 0. The third-order valence-corrected chi connectivity index (χ3v) is 3.40. The SMILES string of the molecule is Cc1cc(C)nc(NC(=O)N2CCC[C@H](CO)C2)c1. The number of piperidine rings is 1. The number of anilines is 1. The van der Waals surface area contributed by atoms with Crippen molar-refractivity contribution in [2.75, 3.05) is 25.0 Å². The summed E-state index contributed by atoms with van der Waals surface area (Å²) in [5.41, 5.74) is 1.97. The Balaban J connectivity index is 2.00. The number of amides is 2. The number of aromatic nitrogens is 1. The normalized spacial score (nSPS) is 19.3. The second-order valence-corrected chi connectivity index (χ2v) is 5.24. The molecule has 1 aromatic heterocycles. The Morgan fingerprint density at radius 1 is 1.53 bits per heavy atom. The number of hydrogen-bond donors (Lipinski definition) is 2. The van der Waals surface area contributed by atoms with Crippen LogP contribution in [-0.2, 0) is 0 Å². The molecule has 0 aromatic carbocycles. The smallest absolute Gasteiger partial charge is 0.323 e. The number of aryl methyl sites for hydroxylation is 2. The fraction of sp³-hybridized carbons (Fsp3) is 0.571. The van der Waals surface area contributed by atoms with Crippen molar-refractivity contribution in [3.05, 3.63) is 23.4 Å². The molecule has 2 rings (SSSR count). The molecule has 1 saturated heterocycles. The molecule has 5 heteroatoms. The van der Waals surface area contributed by atoms with E-state index < -0.39 is 0 Å². The molecule has 5 nitrogen and oxygen atoms in total. The molecule has 0 unspecified atom stereocenters. The van der Waals surface area contributed by atoms with Crippen molar-refractivity contribution in [1.29, 1.82) is 0 Å². The Morgan fingerprint density at radius 3 is 3.00 bits per heavy atom. The predicted molar refractivity (Wildman–Crippen MR) is 74.1 cm³/mol. The quantitative estimate of drug-likeness (QED) is 0.857. The Bertz CT molecular complexity index is 442. The van der Waals surface area contributed by atoms with Gasteiger partial charge in [0.25, 0.3) is 0 Å². The summed E-state index contributed by atoms with van der Waals surface area (Å²) in [4.78, 5) is 18.2. The second kappa shape index (κ2) is 6.02. The van der Waals surface area contributed by atoms with Gasteiger partial charge in [-0.2, -0.15) is 0 Å². The van der Waals surface area contributed by atoms with E-state index in [0.717, 1.165) is 30.6 Å². The number of aliphatic hydroxyl groups excluding tert-OH is 1. The van der Waals surface area contributed by atoms with Crippen LogP contribution in [0, 0.1) is 19.8 Å².